The fourth-order valence-electron chi connectivity index (χ4n) is 1.04. The maximum Gasteiger partial charge on any atom is 0.221 e. The SMILES string of the molecule is CNc1ccc(F)c(NC(C)=O)c1F. The van der Waals surface area contributed by atoms with Gasteiger partial charge in [-0.25, -0.2) is 8.78 Å². The number of rotatable bonds is 2. The average Bonchev–Trinajstić information content (AvgIpc) is 2.12. The molecule has 3 nitrogen and oxygen atoms in total. The van der Waals surface area contributed by atoms with Crippen LogP contribution in [0.5, 0.6) is 0 Å². The van der Waals surface area contributed by atoms with Gasteiger partial charge in [-0.3, -0.25) is 4.79 Å². The minimum absolute atomic E-state index is 0.134. The van der Waals surface area contributed by atoms with E-state index in [0.29, 0.717) is 0 Å². The Balaban J connectivity index is 3.18. The molecule has 1 rings (SSSR count). The van der Waals surface area contributed by atoms with Gasteiger partial charge in [0.1, 0.15) is 11.5 Å². The molecule has 0 aliphatic rings. The lowest BCUT2D eigenvalue weighted by Gasteiger charge is -2.08. The molecular formula is C9H10F2N2O. The Morgan fingerprint density at radius 3 is 2.50 bits per heavy atom. The molecule has 0 saturated carbocycles. The smallest absolute Gasteiger partial charge is 0.221 e. The fourth-order valence-corrected chi connectivity index (χ4v) is 1.04. The third-order valence-electron chi connectivity index (χ3n) is 1.66. The van der Waals surface area contributed by atoms with E-state index in [2.05, 4.69) is 10.6 Å². The summed E-state index contributed by atoms with van der Waals surface area (Å²) >= 11 is 0. The Morgan fingerprint density at radius 2 is 2.00 bits per heavy atom. The van der Waals surface area contributed by atoms with E-state index in [1.165, 1.54) is 20.0 Å². The molecule has 1 amide bonds. The second-order valence-electron chi connectivity index (χ2n) is 2.72. The third kappa shape index (κ3) is 1.99. The standard InChI is InChI=1S/C9H10F2N2O/c1-5(14)13-9-6(10)3-4-7(12-2)8(9)11/h3-4,12H,1-2H3,(H,13,14). The first-order valence-corrected chi connectivity index (χ1v) is 3.99. The molecule has 0 saturated heterocycles. The van der Waals surface area contributed by atoms with Gasteiger partial charge in [-0.15, -0.1) is 0 Å². The zero-order chi connectivity index (χ0) is 10.7. The van der Waals surface area contributed by atoms with E-state index in [1.807, 2.05) is 0 Å². The molecule has 14 heavy (non-hydrogen) atoms. The summed E-state index contributed by atoms with van der Waals surface area (Å²) in [6.07, 6.45) is 0. The van der Waals surface area contributed by atoms with Gasteiger partial charge in [0.25, 0.3) is 0 Å². The largest absolute Gasteiger partial charge is 0.386 e. The lowest BCUT2D eigenvalue weighted by Crippen LogP contribution is -2.10. The van der Waals surface area contributed by atoms with Crippen LogP contribution in [0.1, 0.15) is 6.92 Å². The minimum atomic E-state index is -0.803. The van der Waals surface area contributed by atoms with Crippen LogP contribution in [0.4, 0.5) is 20.2 Å². The number of carbonyl (C=O) groups is 1. The molecular weight excluding hydrogens is 190 g/mol. The Morgan fingerprint density at radius 1 is 1.36 bits per heavy atom. The quantitative estimate of drug-likeness (QED) is 0.766. The molecule has 0 bridgehead atoms. The van der Waals surface area contributed by atoms with Crippen molar-refractivity contribution in [2.24, 2.45) is 0 Å². The molecule has 0 unspecified atom stereocenters. The van der Waals surface area contributed by atoms with Crippen molar-refractivity contribution < 1.29 is 13.6 Å². The first-order valence-electron chi connectivity index (χ1n) is 3.99. The minimum Gasteiger partial charge on any atom is -0.386 e. The van der Waals surface area contributed by atoms with Crippen molar-refractivity contribution in [2.45, 2.75) is 6.92 Å². The summed E-state index contributed by atoms with van der Waals surface area (Å²) in [6, 6.07) is 2.34. The monoisotopic (exact) mass is 200 g/mol. The van der Waals surface area contributed by atoms with Crippen LogP contribution in [0, 0.1) is 11.6 Å². The highest BCUT2D eigenvalue weighted by atomic mass is 19.1. The number of halogens is 2. The molecule has 0 aliphatic heterocycles. The second kappa shape index (κ2) is 4.04. The first kappa shape index (κ1) is 10.4. The van der Waals surface area contributed by atoms with E-state index in [0.717, 1.165) is 6.07 Å². The van der Waals surface area contributed by atoms with Gasteiger partial charge in [0.15, 0.2) is 5.82 Å². The molecule has 0 atom stereocenters. The van der Waals surface area contributed by atoms with Crippen molar-refractivity contribution in [3.05, 3.63) is 23.8 Å². The fraction of sp³-hybridized carbons (Fsp3) is 0.222. The van der Waals surface area contributed by atoms with E-state index in [4.69, 9.17) is 0 Å². The van der Waals surface area contributed by atoms with Gasteiger partial charge in [0, 0.05) is 14.0 Å². The average molecular weight is 200 g/mol. The molecule has 0 aromatic heterocycles. The third-order valence-corrected chi connectivity index (χ3v) is 1.66. The second-order valence-corrected chi connectivity index (χ2v) is 2.72. The van der Waals surface area contributed by atoms with Crippen LogP contribution in [0.25, 0.3) is 0 Å². The Labute approximate surface area is 80.1 Å². The number of nitrogens with one attached hydrogen (secondary N) is 2. The Kier molecular flexibility index (Phi) is 3.01. The maximum absolute atomic E-state index is 13.4. The van der Waals surface area contributed by atoms with Crippen molar-refractivity contribution in [2.75, 3.05) is 17.7 Å². The van der Waals surface area contributed by atoms with Crippen molar-refractivity contribution in [3.8, 4) is 0 Å². The molecule has 1 aromatic rings. The number of benzene rings is 1. The predicted molar refractivity (Wildman–Crippen MR) is 50.2 cm³/mol. The summed E-state index contributed by atoms with van der Waals surface area (Å²) in [5.74, 6) is -2.12. The van der Waals surface area contributed by atoms with Crippen molar-refractivity contribution in [3.63, 3.8) is 0 Å². The molecule has 76 valence electrons. The van der Waals surface area contributed by atoms with Crippen LogP contribution >= 0.6 is 0 Å². The van der Waals surface area contributed by atoms with Crippen LogP contribution in [0.3, 0.4) is 0 Å². The number of carbonyl (C=O) groups excluding carboxylic acids is 1. The van der Waals surface area contributed by atoms with Crippen molar-refractivity contribution in [1.82, 2.24) is 0 Å². The van der Waals surface area contributed by atoms with Crippen molar-refractivity contribution >= 4 is 17.3 Å². The van der Waals surface area contributed by atoms with Crippen molar-refractivity contribution in [1.29, 1.82) is 0 Å². The number of anilines is 2. The summed E-state index contributed by atoms with van der Waals surface area (Å²) < 4.78 is 26.4. The predicted octanol–water partition coefficient (Wildman–Crippen LogP) is 1.96. The van der Waals surface area contributed by atoms with Gasteiger partial charge >= 0.3 is 0 Å². The molecule has 0 radical (unpaired) electrons. The summed E-state index contributed by atoms with van der Waals surface area (Å²) in [5.41, 5.74) is -0.292. The Hall–Kier alpha value is -1.65. The van der Waals surface area contributed by atoms with Gasteiger partial charge in [0.2, 0.25) is 5.91 Å². The number of hydrogen-bond acceptors (Lipinski definition) is 2. The van der Waals surface area contributed by atoms with E-state index < -0.39 is 23.2 Å². The van der Waals surface area contributed by atoms with Gasteiger partial charge in [-0.05, 0) is 12.1 Å². The van der Waals surface area contributed by atoms with E-state index in [9.17, 15) is 13.6 Å². The summed E-state index contributed by atoms with van der Waals surface area (Å²) in [5, 5.41) is 4.63. The van der Waals surface area contributed by atoms with Gasteiger partial charge in [-0.1, -0.05) is 0 Å². The summed E-state index contributed by atoms with van der Waals surface area (Å²) in [4.78, 5) is 10.7. The zero-order valence-corrected chi connectivity index (χ0v) is 7.82. The topological polar surface area (TPSA) is 41.1 Å². The highest BCUT2D eigenvalue weighted by Gasteiger charge is 2.13. The van der Waals surface area contributed by atoms with Crippen LogP contribution in [0.15, 0.2) is 12.1 Å². The molecule has 2 N–H and O–H groups in total. The molecule has 0 spiro atoms. The highest BCUT2D eigenvalue weighted by molar-refractivity contribution is 5.89. The van der Waals surface area contributed by atoms with Crippen LogP contribution in [0.2, 0.25) is 0 Å². The van der Waals surface area contributed by atoms with E-state index in [1.54, 1.807) is 0 Å². The number of amides is 1. The van der Waals surface area contributed by atoms with E-state index in [-0.39, 0.29) is 5.69 Å². The number of hydrogen-bond donors (Lipinski definition) is 2. The summed E-state index contributed by atoms with van der Waals surface area (Å²) in [6.45, 7) is 1.19. The molecule has 5 heteroatoms. The summed E-state index contributed by atoms with van der Waals surface area (Å²) in [7, 11) is 1.51. The van der Waals surface area contributed by atoms with Gasteiger partial charge < -0.3 is 10.6 Å². The van der Waals surface area contributed by atoms with Gasteiger partial charge in [0.05, 0.1) is 5.69 Å². The maximum atomic E-state index is 13.4. The van der Waals surface area contributed by atoms with Gasteiger partial charge in [-0.2, -0.15) is 0 Å². The lowest BCUT2D eigenvalue weighted by atomic mass is 10.2. The Bertz CT molecular complexity index is 366. The molecule has 0 heterocycles. The van der Waals surface area contributed by atoms with E-state index >= 15 is 0 Å². The normalized spacial score (nSPS) is 9.71. The lowest BCUT2D eigenvalue weighted by molar-refractivity contribution is -0.114. The molecule has 1 aromatic carbocycles. The molecule has 0 aliphatic carbocycles. The van der Waals surface area contributed by atoms with Crippen LogP contribution in [-0.2, 0) is 4.79 Å². The zero-order valence-electron chi connectivity index (χ0n) is 7.82. The first-order chi connectivity index (χ1) is 6.56. The highest BCUT2D eigenvalue weighted by Crippen LogP contribution is 2.25. The van der Waals surface area contributed by atoms with Crippen LogP contribution in [-0.4, -0.2) is 13.0 Å². The van der Waals surface area contributed by atoms with Crippen LogP contribution < -0.4 is 10.6 Å². The molecule has 0 fully saturated rings.